The average molecular weight is 277 g/mol. The normalized spacial score (nSPS) is 19.7. The van der Waals surface area contributed by atoms with E-state index in [-0.39, 0.29) is 5.41 Å². The van der Waals surface area contributed by atoms with Gasteiger partial charge in [0.2, 0.25) is 5.95 Å². The Labute approximate surface area is 122 Å². The Morgan fingerprint density at radius 2 is 2.15 bits per heavy atom. The summed E-state index contributed by atoms with van der Waals surface area (Å²) in [6, 6.07) is 2.62. The molecule has 0 amide bonds. The quantitative estimate of drug-likeness (QED) is 0.913. The summed E-state index contributed by atoms with van der Waals surface area (Å²) >= 11 is 0. The van der Waals surface area contributed by atoms with Crippen molar-refractivity contribution in [3.8, 4) is 0 Å². The highest BCUT2D eigenvalue weighted by Crippen LogP contribution is 2.21. The Balaban J connectivity index is 2.00. The van der Waals surface area contributed by atoms with Crippen LogP contribution in [0.3, 0.4) is 0 Å². The summed E-state index contributed by atoms with van der Waals surface area (Å²) in [4.78, 5) is 13.6. The van der Waals surface area contributed by atoms with Crippen molar-refractivity contribution in [1.29, 1.82) is 0 Å². The summed E-state index contributed by atoms with van der Waals surface area (Å²) < 4.78 is 0. The molecular formula is C15H27N5. The van der Waals surface area contributed by atoms with Crippen LogP contribution < -0.4 is 10.2 Å². The molecule has 2 heterocycles. The lowest BCUT2D eigenvalue weighted by molar-refractivity contribution is 0.315. The number of rotatable bonds is 4. The molecule has 20 heavy (non-hydrogen) atoms. The predicted octanol–water partition coefficient (Wildman–Crippen LogP) is 2.07. The van der Waals surface area contributed by atoms with Crippen molar-refractivity contribution in [3.63, 3.8) is 0 Å². The van der Waals surface area contributed by atoms with Crippen molar-refractivity contribution in [2.24, 2.45) is 5.41 Å². The number of likely N-dealkylation sites (N-methyl/N-ethyl adjacent to an activating group) is 1. The van der Waals surface area contributed by atoms with Crippen LogP contribution in [0.5, 0.6) is 0 Å². The molecule has 5 heteroatoms. The van der Waals surface area contributed by atoms with E-state index in [0.717, 1.165) is 31.4 Å². The first-order chi connectivity index (χ1) is 9.35. The summed E-state index contributed by atoms with van der Waals surface area (Å²) in [5.41, 5.74) is 0.225. The Kier molecular flexibility index (Phi) is 4.48. The van der Waals surface area contributed by atoms with Crippen molar-refractivity contribution < 1.29 is 0 Å². The van der Waals surface area contributed by atoms with Gasteiger partial charge < -0.3 is 15.1 Å². The number of hydrogen-bond donors (Lipinski definition) is 1. The lowest BCUT2D eigenvalue weighted by atomic mass is 9.97. The van der Waals surface area contributed by atoms with Gasteiger partial charge in [-0.2, -0.15) is 4.98 Å². The van der Waals surface area contributed by atoms with Crippen LogP contribution in [0, 0.1) is 5.41 Å². The molecule has 2 rings (SSSR count). The highest BCUT2D eigenvalue weighted by atomic mass is 15.3. The van der Waals surface area contributed by atoms with Gasteiger partial charge in [-0.25, -0.2) is 4.98 Å². The largest absolute Gasteiger partial charge is 0.355 e. The van der Waals surface area contributed by atoms with E-state index in [2.05, 4.69) is 60.0 Å². The fourth-order valence-corrected chi connectivity index (χ4v) is 2.33. The minimum absolute atomic E-state index is 0.225. The molecule has 1 saturated heterocycles. The number of nitrogens with one attached hydrogen (secondary N) is 1. The summed E-state index contributed by atoms with van der Waals surface area (Å²) in [5, 5.41) is 3.32. The molecule has 1 aromatic heterocycles. The topological polar surface area (TPSA) is 44.3 Å². The van der Waals surface area contributed by atoms with Crippen molar-refractivity contribution >= 4 is 11.8 Å². The predicted molar refractivity (Wildman–Crippen MR) is 84.3 cm³/mol. The van der Waals surface area contributed by atoms with Gasteiger partial charge in [0.25, 0.3) is 0 Å². The minimum Gasteiger partial charge on any atom is -0.355 e. The first kappa shape index (κ1) is 15.0. The number of aromatic nitrogens is 2. The van der Waals surface area contributed by atoms with Crippen LogP contribution in [0.2, 0.25) is 0 Å². The van der Waals surface area contributed by atoms with Gasteiger partial charge in [0.05, 0.1) is 0 Å². The molecule has 0 aromatic carbocycles. The van der Waals surface area contributed by atoms with E-state index in [4.69, 9.17) is 0 Å². The van der Waals surface area contributed by atoms with Crippen molar-refractivity contribution in [3.05, 3.63) is 12.3 Å². The number of anilines is 2. The number of nitrogens with zero attached hydrogens (tertiary/aromatic N) is 4. The second-order valence-corrected chi connectivity index (χ2v) is 7.00. The molecule has 1 N–H and O–H groups in total. The third kappa shape index (κ3) is 4.07. The van der Waals surface area contributed by atoms with Gasteiger partial charge >= 0.3 is 0 Å². The smallest absolute Gasteiger partial charge is 0.224 e. The molecule has 1 aromatic rings. The van der Waals surface area contributed by atoms with Crippen LogP contribution in [0.25, 0.3) is 0 Å². The Morgan fingerprint density at radius 1 is 1.40 bits per heavy atom. The van der Waals surface area contributed by atoms with Crippen LogP contribution in [0.1, 0.15) is 27.2 Å². The monoisotopic (exact) mass is 277 g/mol. The molecule has 1 fully saturated rings. The zero-order chi connectivity index (χ0) is 14.8. The van der Waals surface area contributed by atoms with E-state index in [0.29, 0.717) is 6.04 Å². The molecule has 1 atom stereocenters. The van der Waals surface area contributed by atoms with Gasteiger partial charge in [0, 0.05) is 31.9 Å². The Morgan fingerprint density at radius 3 is 2.75 bits per heavy atom. The molecule has 1 aliphatic heterocycles. The second-order valence-electron chi connectivity index (χ2n) is 7.00. The zero-order valence-electron chi connectivity index (χ0n) is 13.3. The van der Waals surface area contributed by atoms with Gasteiger partial charge in [-0.05, 0) is 32.0 Å². The van der Waals surface area contributed by atoms with Gasteiger partial charge in [0.1, 0.15) is 5.82 Å². The maximum Gasteiger partial charge on any atom is 0.224 e. The fourth-order valence-electron chi connectivity index (χ4n) is 2.33. The van der Waals surface area contributed by atoms with E-state index in [1.165, 1.54) is 6.42 Å². The van der Waals surface area contributed by atoms with E-state index in [1.807, 2.05) is 12.3 Å². The summed E-state index contributed by atoms with van der Waals surface area (Å²) in [6.07, 6.45) is 3.04. The summed E-state index contributed by atoms with van der Waals surface area (Å²) in [7, 11) is 4.29. The Bertz CT molecular complexity index is 438. The van der Waals surface area contributed by atoms with Gasteiger partial charge in [-0.3, -0.25) is 0 Å². The molecule has 112 valence electrons. The minimum atomic E-state index is 0.225. The van der Waals surface area contributed by atoms with Crippen molar-refractivity contribution in [2.45, 2.75) is 33.2 Å². The van der Waals surface area contributed by atoms with Crippen LogP contribution in [0.15, 0.2) is 12.3 Å². The maximum absolute atomic E-state index is 4.64. The lowest BCUT2D eigenvalue weighted by Gasteiger charge is -2.22. The fraction of sp³-hybridized carbons (Fsp3) is 0.733. The van der Waals surface area contributed by atoms with E-state index >= 15 is 0 Å². The van der Waals surface area contributed by atoms with E-state index in [1.54, 1.807) is 0 Å². The van der Waals surface area contributed by atoms with Crippen molar-refractivity contribution in [1.82, 2.24) is 14.9 Å². The summed E-state index contributed by atoms with van der Waals surface area (Å²) in [5.74, 6) is 1.76. The molecule has 5 nitrogen and oxygen atoms in total. The van der Waals surface area contributed by atoms with Crippen LogP contribution in [-0.2, 0) is 0 Å². The summed E-state index contributed by atoms with van der Waals surface area (Å²) in [6.45, 7) is 9.59. The highest BCUT2D eigenvalue weighted by molar-refractivity contribution is 5.43. The molecule has 0 spiro atoms. The first-order valence-electron chi connectivity index (χ1n) is 7.33. The second kappa shape index (κ2) is 5.95. The standard InChI is InChI=1S/C15H27N5/c1-15(2,3)11-17-14-16-8-6-13(18-14)20-9-7-12(10-20)19(4)5/h6,8,12H,7,9-11H2,1-5H3,(H,16,17,18)/t12-/m1/s1. The van der Waals surface area contributed by atoms with Crippen LogP contribution in [-0.4, -0.2) is 54.6 Å². The van der Waals surface area contributed by atoms with Gasteiger partial charge in [-0.1, -0.05) is 20.8 Å². The maximum atomic E-state index is 4.64. The molecule has 0 unspecified atom stereocenters. The van der Waals surface area contributed by atoms with Crippen LogP contribution >= 0.6 is 0 Å². The molecule has 0 radical (unpaired) electrons. The van der Waals surface area contributed by atoms with Gasteiger partial charge in [0.15, 0.2) is 0 Å². The van der Waals surface area contributed by atoms with Gasteiger partial charge in [-0.15, -0.1) is 0 Å². The molecule has 1 aliphatic rings. The molecule has 0 bridgehead atoms. The third-order valence-corrected chi connectivity index (χ3v) is 3.64. The molecular weight excluding hydrogens is 250 g/mol. The van der Waals surface area contributed by atoms with E-state index < -0.39 is 0 Å². The highest BCUT2D eigenvalue weighted by Gasteiger charge is 2.25. The first-order valence-corrected chi connectivity index (χ1v) is 7.33. The van der Waals surface area contributed by atoms with E-state index in [9.17, 15) is 0 Å². The molecule has 0 aliphatic carbocycles. The SMILES string of the molecule is CN(C)[C@@H]1CCN(c2ccnc(NCC(C)(C)C)n2)C1. The molecule has 0 saturated carbocycles. The lowest BCUT2D eigenvalue weighted by Crippen LogP contribution is -2.31. The zero-order valence-corrected chi connectivity index (χ0v) is 13.3. The Hall–Kier alpha value is -1.36. The number of hydrogen-bond acceptors (Lipinski definition) is 5. The average Bonchev–Trinajstić information content (AvgIpc) is 2.86. The third-order valence-electron chi connectivity index (χ3n) is 3.64. The van der Waals surface area contributed by atoms with Crippen molar-refractivity contribution in [2.75, 3.05) is 43.9 Å². The van der Waals surface area contributed by atoms with Crippen LogP contribution in [0.4, 0.5) is 11.8 Å².